The number of hydrogen-bond acceptors (Lipinski definition) is 5. The molecule has 2 atom stereocenters. The van der Waals surface area contributed by atoms with E-state index in [4.69, 9.17) is 5.73 Å². The Morgan fingerprint density at radius 1 is 1.35 bits per heavy atom. The summed E-state index contributed by atoms with van der Waals surface area (Å²) in [6, 6.07) is 6.78. The van der Waals surface area contributed by atoms with E-state index in [0.29, 0.717) is 12.0 Å². The number of anilines is 1. The standard InChI is InChI=1S/C18H29N5/c1-13-6-7-16(14(2)12-13)21-17-20-11-10-18(19,22-17)9-8-15(3)23(4)5/h6-7,10-12,15H,8-9,19H2,1-5H3,(H2,20,21,22). The van der Waals surface area contributed by atoms with Gasteiger partial charge in [0.25, 0.3) is 0 Å². The van der Waals surface area contributed by atoms with Crippen LogP contribution in [0, 0.1) is 13.8 Å². The van der Waals surface area contributed by atoms with Crippen molar-refractivity contribution in [2.45, 2.75) is 45.3 Å². The van der Waals surface area contributed by atoms with Gasteiger partial charge in [-0.05, 0) is 65.4 Å². The normalized spacial score (nSPS) is 21.8. The molecule has 1 aliphatic rings. The summed E-state index contributed by atoms with van der Waals surface area (Å²) in [5, 5.41) is 6.48. The quantitative estimate of drug-likeness (QED) is 0.781. The van der Waals surface area contributed by atoms with Gasteiger partial charge >= 0.3 is 0 Å². The highest BCUT2D eigenvalue weighted by Crippen LogP contribution is 2.20. The zero-order valence-corrected chi connectivity index (χ0v) is 14.9. The summed E-state index contributed by atoms with van der Waals surface area (Å²) in [6.45, 7) is 6.38. The number of aryl methyl sites for hydroxylation is 2. The second kappa shape index (κ2) is 7.15. The number of nitrogens with zero attached hydrogens (tertiary/aromatic N) is 2. The molecule has 0 aliphatic carbocycles. The van der Waals surface area contributed by atoms with Crippen LogP contribution in [0.3, 0.4) is 0 Å². The third-order valence-electron chi connectivity index (χ3n) is 4.39. The van der Waals surface area contributed by atoms with Gasteiger partial charge in [0.2, 0.25) is 5.96 Å². The van der Waals surface area contributed by atoms with Crippen LogP contribution in [0.4, 0.5) is 5.69 Å². The Balaban J connectivity index is 2.06. The van der Waals surface area contributed by atoms with Crippen molar-refractivity contribution in [2.75, 3.05) is 19.4 Å². The molecule has 4 N–H and O–H groups in total. The smallest absolute Gasteiger partial charge is 0.202 e. The van der Waals surface area contributed by atoms with E-state index in [1.165, 1.54) is 11.1 Å². The number of nitrogens with two attached hydrogens (primary N) is 1. The van der Waals surface area contributed by atoms with Gasteiger partial charge in [0, 0.05) is 17.9 Å². The molecule has 0 saturated heterocycles. The fraction of sp³-hybridized carbons (Fsp3) is 0.500. The monoisotopic (exact) mass is 315 g/mol. The highest BCUT2D eigenvalue weighted by molar-refractivity contribution is 5.95. The summed E-state index contributed by atoms with van der Waals surface area (Å²) in [6.07, 6.45) is 5.61. The average Bonchev–Trinajstić information content (AvgIpc) is 2.48. The maximum Gasteiger partial charge on any atom is 0.202 e. The molecule has 5 heteroatoms. The van der Waals surface area contributed by atoms with Crippen LogP contribution in [-0.2, 0) is 0 Å². The van der Waals surface area contributed by atoms with Gasteiger partial charge in [-0.15, -0.1) is 0 Å². The Bertz CT molecular complexity index is 605. The first kappa shape index (κ1) is 17.5. The van der Waals surface area contributed by atoms with E-state index in [9.17, 15) is 0 Å². The minimum atomic E-state index is -0.656. The molecular formula is C18H29N5. The van der Waals surface area contributed by atoms with Gasteiger partial charge in [0.1, 0.15) is 5.66 Å². The Hall–Kier alpha value is -1.85. The van der Waals surface area contributed by atoms with Gasteiger partial charge in [-0.3, -0.25) is 0 Å². The van der Waals surface area contributed by atoms with Gasteiger partial charge in [0.05, 0.1) is 0 Å². The van der Waals surface area contributed by atoms with E-state index < -0.39 is 5.66 Å². The van der Waals surface area contributed by atoms with Gasteiger partial charge < -0.3 is 21.3 Å². The van der Waals surface area contributed by atoms with Crippen molar-refractivity contribution < 1.29 is 0 Å². The van der Waals surface area contributed by atoms with Crippen molar-refractivity contribution in [1.82, 2.24) is 10.2 Å². The molecule has 0 radical (unpaired) electrons. The molecule has 1 aromatic rings. The lowest BCUT2D eigenvalue weighted by Crippen LogP contribution is -2.44. The van der Waals surface area contributed by atoms with Crippen molar-refractivity contribution in [2.24, 2.45) is 10.7 Å². The molecule has 0 amide bonds. The SMILES string of the molecule is Cc1ccc(NC2=NC(N)(CCC(C)N(C)C)C=CN2)c(C)c1. The Labute approximate surface area is 139 Å². The Morgan fingerprint density at radius 2 is 2.09 bits per heavy atom. The topological polar surface area (TPSA) is 65.7 Å². The summed E-state index contributed by atoms with van der Waals surface area (Å²) in [7, 11) is 4.17. The summed E-state index contributed by atoms with van der Waals surface area (Å²) < 4.78 is 0. The highest BCUT2D eigenvalue weighted by Gasteiger charge is 2.25. The first-order valence-electron chi connectivity index (χ1n) is 8.13. The second-order valence-electron chi connectivity index (χ2n) is 6.72. The number of rotatable bonds is 5. The lowest BCUT2D eigenvalue weighted by Gasteiger charge is -2.29. The van der Waals surface area contributed by atoms with E-state index in [2.05, 4.69) is 73.6 Å². The van der Waals surface area contributed by atoms with Crippen molar-refractivity contribution in [1.29, 1.82) is 0 Å². The predicted octanol–water partition coefficient (Wildman–Crippen LogP) is 2.57. The van der Waals surface area contributed by atoms with Crippen molar-refractivity contribution >= 4 is 11.6 Å². The molecule has 0 saturated carbocycles. The largest absolute Gasteiger partial charge is 0.333 e. The lowest BCUT2D eigenvalue weighted by molar-refractivity contribution is 0.278. The minimum absolute atomic E-state index is 0.477. The first-order valence-corrected chi connectivity index (χ1v) is 8.13. The Kier molecular flexibility index (Phi) is 5.44. The molecule has 0 bridgehead atoms. The van der Waals surface area contributed by atoms with Crippen LogP contribution in [0.5, 0.6) is 0 Å². The van der Waals surface area contributed by atoms with Crippen LogP contribution in [-0.4, -0.2) is 36.7 Å². The summed E-state index contributed by atoms with van der Waals surface area (Å²) >= 11 is 0. The van der Waals surface area contributed by atoms with E-state index >= 15 is 0 Å². The number of hydrogen-bond donors (Lipinski definition) is 3. The van der Waals surface area contributed by atoms with Crippen LogP contribution in [0.2, 0.25) is 0 Å². The second-order valence-corrected chi connectivity index (χ2v) is 6.72. The van der Waals surface area contributed by atoms with E-state index in [0.717, 1.165) is 18.5 Å². The number of nitrogens with one attached hydrogen (secondary N) is 2. The molecule has 126 valence electrons. The minimum Gasteiger partial charge on any atom is -0.333 e. The van der Waals surface area contributed by atoms with Gasteiger partial charge in [-0.1, -0.05) is 17.7 Å². The molecule has 0 spiro atoms. The molecule has 2 unspecified atom stereocenters. The Morgan fingerprint density at radius 3 is 2.74 bits per heavy atom. The molecule has 1 aromatic carbocycles. The fourth-order valence-electron chi connectivity index (χ4n) is 2.53. The van der Waals surface area contributed by atoms with E-state index in [1.807, 2.05) is 12.3 Å². The maximum absolute atomic E-state index is 6.44. The van der Waals surface area contributed by atoms with Crippen LogP contribution in [0.1, 0.15) is 30.9 Å². The van der Waals surface area contributed by atoms with Gasteiger partial charge in [-0.25, -0.2) is 4.99 Å². The van der Waals surface area contributed by atoms with Crippen LogP contribution in [0.25, 0.3) is 0 Å². The third-order valence-corrected chi connectivity index (χ3v) is 4.39. The molecule has 5 nitrogen and oxygen atoms in total. The van der Waals surface area contributed by atoms with Crippen molar-refractivity contribution in [3.05, 3.63) is 41.6 Å². The summed E-state index contributed by atoms with van der Waals surface area (Å²) in [5.41, 5.74) is 9.26. The summed E-state index contributed by atoms with van der Waals surface area (Å²) in [4.78, 5) is 6.87. The van der Waals surface area contributed by atoms with Crippen molar-refractivity contribution in [3.8, 4) is 0 Å². The van der Waals surface area contributed by atoms with E-state index in [-0.39, 0.29) is 0 Å². The zero-order valence-electron chi connectivity index (χ0n) is 14.9. The predicted molar refractivity (Wildman–Crippen MR) is 98.6 cm³/mol. The zero-order chi connectivity index (χ0) is 17.0. The number of benzene rings is 1. The molecule has 23 heavy (non-hydrogen) atoms. The molecule has 0 aromatic heterocycles. The summed E-state index contributed by atoms with van der Waals surface area (Å²) in [5.74, 6) is 0.694. The molecule has 1 aliphatic heterocycles. The third kappa shape index (κ3) is 4.81. The first-order chi connectivity index (χ1) is 10.8. The molecule has 1 heterocycles. The molecular weight excluding hydrogens is 286 g/mol. The molecule has 2 rings (SSSR count). The van der Waals surface area contributed by atoms with Crippen LogP contribution >= 0.6 is 0 Å². The maximum atomic E-state index is 6.44. The van der Waals surface area contributed by atoms with Gasteiger partial charge in [-0.2, -0.15) is 0 Å². The number of guanidine groups is 1. The van der Waals surface area contributed by atoms with Crippen molar-refractivity contribution in [3.63, 3.8) is 0 Å². The molecule has 0 fully saturated rings. The fourth-order valence-corrected chi connectivity index (χ4v) is 2.53. The van der Waals surface area contributed by atoms with Gasteiger partial charge in [0.15, 0.2) is 0 Å². The lowest BCUT2D eigenvalue weighted by atomic mass is 10.0. The van der Waals surface area contributed by atoms with Crippen LogP contribution < -0.4 is 16.4 Å². The average molecular weight is 315 g/mol. The van der Waals surface area contributed by atoms with E-state index in [1.54, 1.807) is 0 Å². The van der Waals surface area contributed by atoms with Crippen LogP contribution in [0.15, 0.2) is 35.5 Å². The number of aliphatic imine (C=N–C) groups is 1. The highest BCUT2D eigenvalue weighted by atomic mass is 15.2.